The zero-order chi connectivity index (χ0) is 21.8. The average Bonchev–Trinajstić information content (AvgIpc) is 2.77. The third-order valence-electron chi connectivity index (χ3n) is 5.30. The molecule has 0 fully saturated rings. The maximum atomic E-state index is 11.2. The van der Waals surface area contributed by atoms with Crippen molar-refractivity contribution in [2.45, 2.75) is 12.8 Å². The van der Waals surface area contributed by atoms with E-state index in [-0.39, 0.29) is 6.54 Å². The summed E-state index contributed by atoms with van der Waals surface area (Å²) in [5.74, 6) is -0.248. The van der Waals surface area contributed by atoms with Crippen molar-refractivity contribution in [1.82, 2.24) is 4.98 Å². The van der Waals surface area contributed by atoms with Crippen LogP contribution in [0.3, 0.4) is 0 Å². The van der Waals surface area contributed by atoms with Gasteiger partial charge in [0, 0.05) is 17.5 Å². The fourth-order valence-electron chi connectivity index (χ4n) is 3.73. The minimum atomic E-state index is -0.887. The summed E-state index contributed by atoms with van der Waals surface area (Å²) in [5.41, 5.74) is 5.40. The third-order valence-corrected chi connectivity index (χ3v) is 5.53. The van der Waals surface area contributed by atoms with Crippen LogP contribution in [0.4, 0.5) is 5.82 Å². The molecule has 0 spiro atoms. The molecule has 0 saturated carbocycles. The molecule has 4 nitrogen and oxygen atoms in total. The molecule has 0 aliphatic rings. The van der Waals surface area contributed by atoms with Gasteiger partial charge in [0.05, 0.1) is 5.52 Å². The molecule has 4 rings (SSSR count). The summed E-state index contributed by atoms with van der Waals surface area (Å²) in [6.45, 7) is -0.107. The van der Waals surface area contributed by atoms with E-state index in [0.717, 1.165) is 39.9 Å². The number of halogens is 1. The lowest BCUT2D eigenvalue weighted by Crippen LogP contribution is -2.26. The van der Waals surface area contributed by atoms with Gasteiger partial charge in [-0.15, -0.1) is 0 Å². The topological polar surface area (TPSA) is 53.4 Å². The number of likely N-dealkylation sites (N-methyl/N-ethyl adjacent to an activating group) is 1. The van der Waals surface area contributed by atoms with Crippen molar-refractivity contribution < 1.29 is 9.90 Å². The van der Waals surface area contributed by atoms with E-state index < -0.39 is 5.97 Å². The Labute approximate surface area is 186 Å². The molecule has 0 unspecified atom stereocenters. The lowest BCUT2D eigenvalue weighted by molar-refractivity contribution is -0.135. The number of hydrogen-bond acceptors (Lipinski definition) is 3. The summed E-state index contributed by atoms with van der Waals surface area (Å²) in [5, 5.41) is 11.0. The molecule has 0 bridgehead atoms. The van der Waals surface area contributed by atoms with Gasteiger partial charge in [-0.05, 0) is 65.4 Å². The normalized spacial score (nSPS) is 10.9. The summed E-state index contributed by atoms with van der Waals surface area (Å²) < 4.78 is 0. The Bertz CT molecular complexity index is 1220. The van der Waals surface area contributed by atoms with E-state index in [1.54, 1.807) is 11.9 Å². The van der Waals surface area contributed by atoms with Gasteiger partial charge < -0.3 is 10.0 Å². The summed E-state index contributed by atoms with van der Waals surface area (Å²) >= 11 is 6.12. The van der Waals surface area contributed by atoms with Gasteiger partial charge >= 0.3 is 5.97 Å². The van der Waals surface area contributed by atoms with Crippen LogP contribution >= 0.6 is 11.6 Å². The van der Waals surface area contributed by atoms with Gasteiger partial charge in [0.2, 0.25) is 0 Å². The Balaban J connectivity index is 1.73. The molecule has 0 radical (unpaired) electrons. The first-order valence-corrected chi connectivity index (χ1v) is 10.5. The minimum Gasteiger partial charge on any atom is -0.480 e. The Morgan fingerprint density at radius 1 is 0.935 bits per heavy atom. The molecular formula is C26H23ClN2O2. The summed E-state index contributed by atoms with van der Waals surface area (Å²) in [6.07, 6.45) is 1.80. The molecule has 31 heavy (non-hydrogen) atoms. The first-order chi connectivity index (χ1) is 15.0. The fraction of sp³-hybridized carbons (Fsp3) is 0.154. The van der Waals surface area contributed by atoms with Crippen LogP contribution in [0.2, 0.25) is 5.02 Å². The highest BCUT2D eigenvalue weighted by Crippen LogP contribution is 2.32. The van der Waals surface area contributed by atoms with E-state index in [9.17, 15) is 9.90 Å². The van der Waals surface area contributed by atoms with Crippen LogP contribution < -0.4 is 4.90 Å². The van der Waals surface area contributed by atoms with Crippen molar-refractivity contribution in [3.8, 4) is 11.1 Å². The predicted molar refractivity (Wildman–Crippen MR) is 127 cm³/mol. The first-order valence-electron chi connectivity index (χ1n) is 10.2. The van der Waals surface area contributed by atoms with Crippen LogP contribution in [0.25, 0.3) is 22.0 Å². The average molecular weight is 431 g/mol. The Kier molecular flexibility index (Phi) is 6.19. The highest BCUT2D eigenvalue weighted by Gasteiger charge is 2.13. The van der Waals surface area contributed by atoms with Crippen LogP contribution in [-0.2, 0) is 17.6 Å². The van der Waals surface area contributed by atoms with E-state index in [2.05, 4.69) is 30.3 Å². The van der Waals surface area contributed by atoms with Crippen molar-refractivity contribution >= 4 is 34.3 Å². The summed E-state index contributed by atoms with van der Waals surface area (Å²) in [7, 11) is 1.75. The van der Waals surface area contributed by atoms with Gasteiger partial charge in [-0.25, -0.2) is 4.98 Å². The molecule has 1 aromatic heterocycles. The number of aliphatic carboxylic acids is 1. The van der Waals surface area contributed by atoms with Crippen LogP contribution in [0.5, 0.6) is 0 Å². The summed E-state index contributed by atoms with van der Waals surface area (Å²) in [4.78, 5) is 17.6. The van der Waals surface area contributed by atoms with Crippen LogP contribution in [0, 0.1) is 0 Å². The number of pyridine rings is 1. The number of aryl methyl sites for hydroxylation is 2. The number of fused-ring (bicyclic) bond motifs is 1. The highest BCUT2D eigenvalue weighted by molar-refractivity contribution is 6.30. The maximum absolute atomic E-state index is 11.2. The number of anilines is 1. The van der Waals surface area contributed by atoms with Gasteiger partial charge in [-0.2, -0.15) is 0 Å². The largest absolute Gasteiger partial charge is 0.480 e. The van der Waals surface area contributed by atoms with Crippen molar-refractivity contribution in [2.75, 3.05) is 18.5 Å². The molecule has 1 N–H and O–H groups in total. The molecule has 156 valence electrons. The molecule has 5 heteroatoms. The lowest BCUT2D eigenvalue weighted by atomic mass is 9.97. The van der Waals surface area contributed by atoms with Crippen LogP contribution in [0.15, 0.2) is 78.9 Å². The Morgan fingerprint density at radius 2 is 1.68 bits per heavy atom. The minimum absolute atomic E-state index is 0.107. The molecule has 3 aromatic carbocycles. The van der Waals surface area contributed by atoms with E-state index in [0.29, 0.717) is 5.82 Å². The zero-order valence-electron chi connectivity index (χ0n) is 17.3. The van der Waals surface area contributed by atoms with E-state index in [1.165, 1.54) is 11.1 Å². The third kappa shape index (κ3) is 5.04. The van der Waals surface area contributed by atoms with Gasteiger partial charge in [-0.3, -0.25) is 4.79 Å². The van der Waals surface area contributed by atoms with Crippen LogP contribution in [-0.4, -0.2) is 29.7 Å². The maximum Gasteiger partial charge on any atom is 0.323 e. The van der Waals surface area contributed by atoms with Crippen LogP contribution in [0.1, 0.15) is 11.1 Å². The number of rotatable bonds is 7. The monoisotopic (exact) mass is 430 g/mol. The van der Waals surface area contributed by atoms with Crippen molar-refractivity contribution in [1.29, 1.82) is 0 Å². The quantitative estimate of drug-likeness (QED) is 0.399. The molecule has 0 saturated heterocycles. The van der Waals surface area contributed by atoms with Gasteiger partial charge in [0.25, 0.3) is 0 Å². The molecule has 4 aromatic rings. The second-order valence-electron chi connectivity index (χ2n) is 7.63. The fourth-order valence-corrected chi connectivity index (χ4v) is 3.94. The smallest absolute Gasteiger partial charge is 0.323 e. The molecule has 0 aliphatic heterocycles. The lowest BCUT2D eigenvalue weighted by Gasteiger charge is -2.18. The SMILES string of the molecule is CN(CC(=O)O)c1cc(-c2ccccc2)c2cc(CCc3cccc(Cl)c3)ccc2n1. The summed E-state index contributed by atoms with van der Waals surface area (Å²) in [6, 6.07) is 26.4. The number of carboxylic acid groups (broad SMARTS) is 1. The number of benzene rings is 3. The highest BCUT2D eigenvalue weighted by atomic mass is 35.5. The van der Waals surface area contributed by atoms with Crippen molar-refractivity contribution in [2.24, 2.45) is 0 Å². The first kappa shape index (κ1) is 20.9. The van der Waals surface area contributed by atoms with Gasteiger partial charge in [0.15, 0.2) is 0 Å². The number of nitrogens with zero attached hydrogens (tertiary/aromatic N) is 2. The number of carbonyl (C=O) groups is 1. The number of carboxylic acids is 1. The molecular weight excluding hydrogens is 408 g/mol. The second-order valence-corrected chi connectivity index (χ2v) is 8.06. The molecule has 0 aliphatic carbocycles. The van der Waals surface area contributed by atoms with E-state index >= 15 is 0 Å². The van der Waals surface area contributed by atoms with Gasteiger partial charge in [-0.1, -0.05) is 60.1 Å². The number of hydrogen-bond donors (Lipinski definition) is 1. The standard InChI is InChI=1S/C26H23ClN2O2/c1-29(17-26(30)31)25-16-22(20-7-3-2-4-8-20)23-15-19(12-13-24(23)28-25)11-10-18-6-5-9-21(27)14-18/h2-9,12-16H,10-11,17H2,1H3,(H,30,31). The predicted octanol–water partition coefficient (Wildman–Crippen LogP) is 5.86. The van der Waals surface area contributed by atoms with E-state index in [1.807, 2.05) is 48.5 Å². The Hall–Kier alpha value is -3.37. The molecule has 1 heterocycles. The zero-order valence-corrected chi connectivity index (χ0v) is 18.0. The molecule has 0 atom stereocenters. The second kappa shape index (κ2) is 9.19. The van der Waals surface area contributed by atoms with Crippen molar-refractivity contribution in [3.05, 3.63) is 95.0 Å². The van der Waals surface area contributed by atoms with E-state index in [4.69, 9.17) is 16.6 Å². The Morgan fingerprint density at radius 3 is 2.39 bits per heavy atom. The molecule has 0 amide bonds. The number of aromatic nitrogens is 1. The van der Waals surface area contributed by atoms with Gasteiger partial charge in [0.1, 0.15) is 12.4 Å². The van der Waals surface area contributed by atoms with Crippen molar-refractivity contribution in [3.63, 3.8) is 0 Å².